The molecule has 2 saturated carbocycles. The van der Waals surface area contributed by atoms with E-state index < -0.39 is 0 Å². The summed E-state index contributed by atoms with van der Waals surface area (Å²) in [4.78, 5) is 18.0. The Kier molecular flexibility index (Phi) is 5.63. The number of carbonyl (C=O) groups is 1. The van der Waals surface area contributed by atoms with E-state index in [2.05, 4.69) is 59.2 Å². The fourth-order valence-electron chi connectivity index (χ4n) is 7.50. The third kappa shape index (κ3) is 4.17. The summed E-state index contributed by atoms with van der Waals surface area (Å²) in [5.74, 6) is 1.08. The first-order chi connectivity index (χ1) is 16.0. The topological polar surface area (TPSA) is 45.3 Å². The van der Waals surface area contributed by atoms with Crippen LogP contribution in [0.3, 0.4) is 0 Å². The minimum Gasteiger partial charge on any atom is -0.462 e. The maximum Gasteiger partial charge on any atom is 0.310 e. The number of epoxide rings is 1. The van der Waals surface area contributed by atoms with Crippen LogP contribution in [0.4, 0.5) is 0 Å². The molecule has 0 radical (unpaired) electrons. The lowest BCUT2D eigenvalue weighted by Gasteiger charge is -2.51. The van der Waals surface area contributed by atoms with Crippen molar-refractivity contribution in [3.8, 4) is 0 Å². The Morgan fingerprint density at radius 3 is 2.61 bits per heavy atom. The van der Waals surface area contributed by atoms with Crippen molar-refractivity contribution in [2.75, 3.05) is 45.9 Å². The van der Waals surface area contributed by atoms with E-state index in [0.717, 1.165) is 58.7 Å². The standard InChI is InChI=1S/C28H38N2O3/c1-27-10-6-11-28(20-32-28)25(27)17-22-23(26(31)33-24(22)18-27)19-30-15-13-29(14-16-30)12-5-9-21-7-3-2-4-8-21/h2-5,7-9,22-25H,6,10-20H2,1H3/b9-5+/t22-,23-,24-,25-,27-,28+/m1/s1. The molecule has 3 heterocycles. The van der Waals surface area contributed by atoms with E-state index >= 15 is 0 Å². The van der Waals surface area contributed by atoms with Gasteiger partial charge in [-0.15, -0.1) is 0 Å². The number of benzene rings is 1. The van der Waals surface area contributed by atoms with Crippen molar-refractivity contribution in [3.05, 3.63) is 42.0 Å². The smallest absolute Gasteiger partial charge is 0.310 e. The Bertz CT molecular complexity index is 890. The van der Waals surface area contributed by atoms with E-state index in [4.69, 9.17) is 9.47 Å². The number of carbonyl (C=O) groups excluding carboxylic acids is 1. The highest BCUT2D eigenvalue weighted by molar-refractivity contribution is 5.75. The second kappa shape index (κ2) is 8.51. The number of nitrogens with zero attached hydrogens (tertiary/aromatic N) is 2. The van der Waals surface area contributed by atoms with E-state index in [0.29, 0.717) is 11.8 Å². The molecule has 33 heavy (non-hydrogen) atoms. The van der Waals surface area contributed by atoms with Gasteiger partial charge in [-0.1, -0.05) is 49.4 Å². The molecule has 6 rings (SSSR count). The van der Waals surface area contributed by atoms with Gasteiger partial charge in [-0.05, 0) is 49.0 Å². The van der Waals surface area contributed by atoms with Crippen LogP contribution in [0.5, 0.6) is 0 Å². The fraction of sp³-hybridized carbons (Fsp3) is 0.679. The molecule has 5 heteroatoms. The van der Waals surface area contributed by atoms with Gasteiger partial charge < -0.3 is 9.47 Å². The van der Waals surface area contributed by atoms with Crippen LogP contribution in [0.2, 0.25) is 0 Å². The lowest BCUT2D eigenvalue weighted by atomic mass is 9.53. The second-order valence-electron chi connectivity index (χ2n) is 11.5. The first kappa shape index (κ1) is 21.8. The average Bonchev–Trinajstić information content (AvgIpc) is 3.52. The molecule has 0 N–H and O–H groups in total. The van der Waals surface area contributed by atoms with Crippen molar-refractivity contribution >= 4 is 12.0 Å². The zero-order chi connectivity index (χ0) is 22.5. The highest BCUT2D eigenvalue weighted by Gasteiger charge is 2.65. The lowest BCUT2D eigenvalue weighted by Crippen LogP contribution is -2.52. The van der Waals surface area contributed by atoms with E-state index in [1.807, 2.05) is 0 Å². The summed E-state index contributed by atoms with van der Waals surface area (Å²) in [7, 11) is 0. The summed E-state index contributed by atoms with van der Waals surface area (Å²) >= 11 is 0. The third-order valence-electron chi connectivity index (χ3n) is 9.47. The summed E-state index contributed by atoms with van der Waals surface area (Å²) in [6, 6.07) is 10.5. The van der Waals surface area contributed by atoms with E-state index in [-0.39, 0.29) is 29.0 Å². The second-order valence-corrected chi connectivity index (χ2v) is 11.5. The minimum absolute atomic E-state index is 0.0433. The van der Waals surface area contributed by atoms with Gasteiger partial charge in [0.15, 0.2) is 0 Å². The Morgan fingerprint density at radius 1 is 1.09 bits per heavy atom. The first-order valence-electron chi connectivity index (χ1n) is 13.1. The average molecular weight is 451 g/mol. The van der Waals surface area contributed by atoms with Crippen LogP contribution in [0.25, 0.3) is 6.08 Å². The summed E-state index contributed by atoms with van der Waals surface area (Å²) < 4.78 is 12.1. The quantitative estimate of drug-likeness (QED) is 0.504. The monoisotopic (exact) mass is 450 g/mol. The summed E-state index contributed by atoms with van der Waals surface area (Å²) in [6.07, 6.45) is 10.5. The lowest BCUT2D eigenvalue weighted by molar-refractivity contribution is -0.147. The molecule has 3 aliphatic heterocycles. The van der Waals surface area contributed by atoms with Crippen LogP contribution < -0.4 is 0 Å². The number of rotatable bonds is 5. The van der Waals surface area contributed by atoms with Crippen molar-refractivity contribution < 1.29 is 14.3 Å². The molecule has 0 amide bonds. The number of fused-ring (bicyclic) bond motifs is 3. The molecule has 178 valence electrons. The summed E-state index contributed by atoms with van der Waals surface area (Å²) in [5, 5.41) is 0. The molecule has 6 atom stereocenters. The van der Waals surface area contributed by atoms with Gasteiger partial charge in [0.25, 0.3) is 0 Å². The molecule has 3 saturated heterocycles. The Labute approximate surface area is 198 Å². The van der Waals surface area contributed by atoms with Crippen LogP contribution >= 0.6 is 0 Å². The Morgan fingerprint density at radius 2 is 1.85 bits per heavy atom. The normalized spacial score (nSPS) is 41.2. The first-order valence-corrected chi connectivity index (χ1v) is 13.1. The zero-order valence-electron chi connectivity index (χ0n) is 20.0. The minimum atomic E-state index is 0.0433. The Balaban J connectivity index is 1.04. The van der Waals surface area contributed by atoms with Crippen molar-refractivity contribution in [1.29, 1.82) is 0 Å². The van der Waals surface area contributed by atoms with Gasteiger partial charge in [0.2, 0.25) is 0 Å². The SMILES string of the molecule is C[C@]12CCC[C@]3(CO3)[C@@H]1C[C@H]1[C@@H](C2)OC(=O)[C@@H]1CN1CCN(C/C=C/c2ccccc2)CC1. The third-order valence-corrected chi connectivity index (χ3v) is 9.47. The van der Waals surface area contributed by atoms with E-state index in [1.54, 1.807) is 0 Å². The van der Waals surface area contributed by atoms with Crippen molar-refractivity contribution in [2.24, 2.45) is 23.2 Å². The molecule has 1 aromatic carbocycles. The van der Waals surface area contributed by atoms with Crippen LogP contribution in [0, 0.1) is 23.2 Å². The van der Waals surface area contributed by atoms with E-state index in [9.17, 15) is 4.79 Å². The molecule has 1 spiro atoms. The highest BCUT2D eigenvalue weighted by Crippen LogP contribution is 2.62. The van der Waals surface area contributed by atoms with Gasteiger partial charge in [0.1, 0.15) is 6.10 Å². The van der Waals surface area contributed by atoms with Gasteiger partial charge >= 0.3 is 5.97 Å². The molecule has 5 nitrogen and oxygen atoms in total. The van der Waals surface area contributed by atoms with Gasteiger partial charge in [0.05, 0.1) is 18.1 Å². The van der Waals surface area contributed by atoms with Gasteiger partial charge in [-0.2, -0.15) is 0 Å². The molecule has 1 aromatic rings. The van der Waals surface area contributed by atoms with Gasteiger partial charge in [-0.3, -0.25) is 14.6 Å². The van der Waals surface area contributed by atoms with Gasteiger partial charge in [-0.25, -0.2) is 0 Å². The van der Waals surface area contributed by atoms with Crippen LogP contribution in [0.1, 0.15) is 44.6 Å². The molecular weight excluding hydrogens is 412 g/mol. The molecule has 0 bridgehead atoms. The maximum absolute atomic E-state index is 12.9. The Hall–Kier alpha value is -1.69. The number of piperazine rings is 1. The molecular formula is C28H38N2O3. The van der Waals surface area contributed by atoms with E-state index in [1.165, 1.54) is 24.8 Å². The van der Waals surface area contributed by atoms with Crippen molar-refractivity contribution in [2.45, 2.75) is 50.7 Å². The predicted octanol–water partition coefficient (Wildman–Crippen LogP) is 3.84. The van der Waals surface area contributed by atoms with Gasteiger partial charge in [0, 0.05) is 45.2 Å². The van der Waals surface area contributed by atoms with Crippen molar-refractivity contribution in [1.82, 2.24) is 9.80 Å². The van der Waals surface area contributed by atoms with Crippen LogP contribution in [-0.2, 0) is 14.3 Å². The van der Waals surface area contributed by atoms with Crippen molar-refractivity contribution in [3.63, 3.8) is 0 Å². The fourth-order valence-corrected chi connectivity index (χ4v) is 7.50. The molecule has 5 fully saturated rings. The number of hydrogen-bond donors (Lipinski definition) is 0. The number of esters is 1. The zero-order valence-corrected chi connectivity index (χ0v) is 20.0. The molecule has 2 aliphatic carbocycles. The number of ether oxygens (including phenoxy) is 2. The summed E-state index contributed by atoms with van der Waals surface area (Å²) in [6.45, 7) is 9.42. The summed E-state index contributed by atoms with van der Waals surface area (Å²) in [5.41, 5.74) is 1.67. The highest BCUT2D eigenvalue weighted by atomic mass is 16.6. The molecule has 0 aromatic heterocycles. The predicted molar refractivity (Wildman–Crippen MR) is 129 cm³/mol. The largest absolute Gasteiger partial charge is 0.462 e. The number of hydrogen-bond acceptors (Lipinski definition) is 5. The maximum atomic E-state index is 12.9. The molecule has 0 unspecified atom stereocenters. The van der Waals surface area contributed by atoms with Crippen LogP contribution in [0.15, 0.2) is 36.4 Å². The van der Waals surface area contributed by atoms with Crippen LogP contribution in [-0.4, -0.2) is 73.3 Å². The molecule has 5 aliphatic rings.